The molecule has 0 saturated carbocycles. The van der Waals surface area contributed by atoms with Gasteiger partial charge in [0.15, 0.2) is 0 Å². The number of hydrogen-bond donors (Lipinski definition) is 2. The van der Waals surface area contributed by atoms with Gasteiger partial charge >= 0.3 is 0 Å². The molecular formula is C15H14ClNO2. The van der Waals surface area contributed by atoms with Gasteiger partial charge in [0.1, 0.15) is 5.75 Å². The zero-order chi connectivity index (χ0) is 13.8. The van der Waals surface area contributed by atoms with Crippen LogP contribution in [0.15, 0.2) is 47.6 Å². The molecule has 2 aromatic carbocycles. The fourth-order valence-corrected chi connectivity index (χ4v) is 2.20. The summed E-state index contributed by atoms with van der Waals surface area (Å²) in [4.78, 5) is 0. The van der Waals surface area contributed by atoms with Crippen molar-refractivity contribution in [1.82, 2.24) is 0 Å². The topological polar surface area (TPSA) is 52.8 Å². The average molecular weight is 276 g/mol. The van der Waals surface area contributed by atoms with Crippen molar-refractivity contribution in [2.75, 3.05) is 0 Å². The van der Waals surface area contributed by atoms with Crippen LogP contribution < -0.4 is 0 Å². The molecule has 2 N–H and O–H groups in total. The van der Waals surface area contributed by atoms with Crippen LogP contribution in [0.5, 0.6) is 5.75 Å². The molecule has 2 aromatic rings. The first-order chi connectivity index (χ1) is 9.11. The van der Waals surface area contributed by atoms with Crippen molar-refractivity contribution < 1.29 is 10.3 Å². The maximum atomic E-state index is 10.1. The Morgan fingerprint density at radius 3 is 2.53 bits per heavy atom. The Labute approximate surface area is 116 Å². The third-order valence-corrected chi connectivity index (χ3v) is 3.13. The minimum Gasteiger partial charge on any atom is -0.507 e. The van der Waals surface area contributed by atoms with E-state index in [1.54, 1.807) is 19.1 Å². The molecule has 19 heavy (non-hydrogen) atoms. The average Bonchev–Trinajstić information content (AvgIpc) is 2.41. The Bertz CT molecular complexity index is 609. The van der Waals surface area contributed by atoms with E-state index in [-0.39, 0.29) is 5.75 Å². The van der Waals surface area contributed by atoms with Gasteiger partial charge in [0.05, 0.1) is 5.71 Å². The molecule has 0 unspecified atom stereocenters. The first-order valence-electron chi connectivity index (χ1n) is 5.86. The van der Waals surface area contributed by atoms with Crippen molar-refractivity contribution in [3.63, 3.8) is 0 Å². The molecule has 0 saturated heterocycles. The summed E-state index contributed by atoms with van der Waals surface area (Å²) in [7, 11) is 0. The molecule has 0 aliphatic heterocycles. The fourth-order valence-electron chi connectivity index (χ4n) is 1.93. The number of benzene rings is 2. The number of oxime groups is 1. The molecule has 0 radical (unpaired) electrons. The Morgan fingerprint density at radius 2 is 1.89 bits per heavy atom. The molecule has 0 atom stereocenters. The molecule has 0 fully saturated rings. The van der Waals surface area contributed by atoms with Gasteiger partial charge in [0, 0.05) is 17.0 Å². The normalized spacial score (nSPS) is 11.6. The number of phenols is 1. The van der Waals surface area contributed by atoms with Crippen molar-refractivity contribution >= 4 is 17.3 Å². The maximum Gasteiger partial charge on any atom is 0.127 e. The monoisotopic (exact) mass is 275 g/mol. The lowest BCUT2D eigenvalue weighted by atomic mass is 9.99. The first kappa shape index (κ1) is 13.4. The van der Waals surface area contributed by atoms with Crippen LogP contribution in [-0.4, -0.2) is 16.0 Å². The van der Waals surface area contributed by atoms with Gasteiger partial charge in [-0.25, -0.2) is 0 Å². The zero-order valence-electron chi connectivity index (χ0n) is 10.5. The summed E-state index contributed by atoms with van der Waals surface area (Å²) < 4.78 is 0. The van der Waals surface area contributed by atoms with E-state index in [1.807, 2.05) is 30.3 Å². The highest BCUT2D eigenvalue weighted by molar-refractivity contribution is 6.31. The lowest BCUT2D eigenvalue weighted by molar-refractivity contribution is 0.318. The van der Waals surface area contributed by atoms with Gasteiger partial charge in [-0.1, -0.05) is 47.1 Å². The van der Waals surface area contributed by atoms with Crippen LogP contribution >= 0.6 is 11.6 Å². The highest BCUT2D eigenvalue weighted by atomic mass is 35.5. The molecule has 0 aromatic heterocycles. The lowest BCUT2D eigenvalue weighted by Gasteiger charge is -2.10. The summed E-state index contributed by atoms with van der Waals surface area (Å²) in [5.74, 6) is 0.0909. The van der Waals surface area contributed by atoms with E-state index < -0.39 is 0 Å². The van der Waals surface area contributed by atoms with Crippen LogP contribution in [0.25, 0.3) is 0 Å². The van der Waals surface area contributed by atoms with Crippen molar-refractivity contribution in [3.8, 4) is 5.75 Å². The molecule has 3 nitrogen and oxygen atoms in total. The molecular weight excluding hydrogens is 262 g/mol. The van der Waals surface area contributed by atoms with Gasteiger partial charge in [-0.3, -0.25) is 0 Å². The standard InChI is InChI=1S/C15H14ClNO2/c1-10-7-12(16)9-13(15(10)18)14(17-19)8-11-5-3-2-4-6-11/h2-7,9,18-19H,8H2,1H3. The van der Waals surface area contributed by atoms with Gasteiger partial charge in [-0.05, 0) is 30.2 Å². The van der Waals surface area contributed by atoms with Crippen molar-refractivity contribution in [3.05, 3.63) is 64.2 Å². The summed E-state index contributed by atoms with van der Waals surface area (Å²) in [5.41, 5.74) is 2.48. The predicted molar refractivity (Wildman–Crippen MR) is 76.3 cm³/mol. The zero-order valence-corrected chi connectivity index (χ0v) is 11.2. The van der Waals surface area contributed by atoms with Gasteiger partial charge in [0.2, 0.25) is 0 Å². The number of aromatic hydroxyl groups is 1. The molecule has 0 bridgehead atoms. The second-order valence-corrected chi connectivity index (χ2v) is 4.76. The number of nitrogens with zero attached hydrogens (tertiary/aromatic N) is 1. The van der Waals surface area contributed by atoms with E-state index in [0.29, 0.717) is 28.3 Å². The van der Waals surface area contributed by atoms with Gasteiger partial charge in [0.25, 0.3) is 0 Å². The second kappa shape index (κ2) is 5.76. The highest BCUT2D eigenvalue weighted by Crippen LogP contribution is 2.28. The van der Waals surface area contributed by atoms with E-state index in [4.69, 9.17) is 11.6 Å². The number of phenolic OH excluding ortho intramolecular Hbond substituents is 1. The maximum absolute atomic E-state index is 10.1. The summed E-state index contributed by atoms with van der Waals surface area (Å²) >= 11 is 5.98. The molecule has 0 spiro atoms. The van der Waals surface area contributed by atoms with Crippen LogP contribution in [0.2, 0.25) is 5.02 Å². The SMILES string of the molecule is Cc1cc(Cl)cc(C(Cc2ccccc2)=NO)c1O. The summed E-state index contributed by atoms with van der Waals surface area (Å²) in [6.45, 7) is 1.75. The van der Waals surface area contributed by atoms with Gasteiger partial charge < -0.3 is 10.3 Å². The molecule has 0 aliphatic rings. The summed E-state index contributed by atoms with van der Waals surface area (Å²) in [6, 6.07) is 12.9. The van der Waals surface area contributed by atoms with Crippen molar-refractivity contribution in [1.29, 1.82) is 0 Å². The van der Waals surface area contributed by atoms with Gasteiger partial charge in [-0.2, -0.15) is 0 Å². The number of rotatable bonds is 3. The van der Waals surface area contributed by atoms with Crippen LogP contribution in [0.1, 0.15) is 16.7 Å². The molecule has 0 aliphatic carbocycles. The van der Waals surface area contributed by atoms with E-state index in [9.17, 15) is 10.3 Å². The lowest BCUT2D eigenvalue weighted by Crippen LogP contribution is -2.06. The third kappa shape index (κ3) is 3.06. The number of halogens is 1. The number of aryl methyl sites for hydroxylation is 1. The van der Waals surface area contributed by atoms with E-state index >= 15 is 0 Å². The summed E-state index contributed by atoms with van der Waals surface area (Å²) in [6.07, 6.45) is 0.421. The van der Waals surface area contributed by atoms with Crippen molar-refractivity contribution in [2.45, 2.75) is 13.3 Å². The minimum atomic E-state index is 0.0909. The molecule has 0 heterocycles. The van der Waals surface area contributed by atoms with E-state index in [1.165, 1.54) is 0 Å². The molecule has 98 valence electrons. The van der Waals surface area contributed by atoms with Crippen LogP contribution in [-0.2, 0) is 6.42 Å². The first-order valence-corrected chi connectivity index (χ1v) is 6.24. The Balaban J connectivity index is 2.39. The minimum absolute atomic E-state index is 0.0909. The smallest absolute Gasteiger partial charge is 0.127 e. The van der Waals surface area contributed by atoms with Crippen LogP contribution in [0.4, 0.5) is 0 Å². The van der Waals surface area contributed by atoms with Crippen LogP contribution in [0.3, 0.4) is 0 Å². The van der Waals surface area contributed by atoms with E-state index in [2.05, 4.69) is 5.16 Å². The predicted octanol–water partition coefficient (Wildman–Crippen LogP) is 3.78. The molecule has 4 heteroatoms. The fraction of sp³-hybridized carbons (Fsp3) is 0.133. The van der Waals surface area contributed by atoms with Gasteiger partial charge in [-0.15, -0.1) is 0 Å². The van der Waals surface area contributed by atoms with Crippen molar-refractivity contribution in [2.24, 2.45) is 5.16 Å². The summed E-state index contributed by atoms with van der Waals surface area (Å²) in [5, 5.41) is 23.0. The molecule has 0 amide bonds. The van der Waals surface area contributed by atoms with Crippen LogP contribution in [0, 0.1) is 6.92 Å². The van der Waals surface area contributed by atoms with E-state index in [0.717, 1.165) is 5.56 Å². The highest BCUT2D eigenvalue weighted by Gasteiger charge is 2.13. The Hall–Kier alpha value is -2.00. The largest absolute Gasteiger partial charge is 0.507 e. The number of hydrogen-bond acceptors (Lipinski definition) is 3. The second-order valence-electron chi connectivity index (χ2n) is 4.33. The quantitative estimate of drug-likeness (QED) is 0.509. The molecule has 2 rings (SSSR count). The third-order valence-electron chi connectivity index (χ3n) is 2.91. The Kier molecular flexibility index (Phi) is 4.07. The Morgan fingerprint density at radius 1 is 1.21 bits per heavy atom.